The maximum Gasteiger partial charge on any atom is 0.347 e. The lowest BCUT2D eigenvalue weighted by molar-refractivity contribution is -0.689. The molecule has 2 aliphatic heterocycles. The second-order valence-electron chi connectivity index (χ2n) is 9.59. The number of nitrogens with zero attached hydrogens (tertiary/aromatic N) is 4. The first-order valence-corrected chi connectivity index (χ1v) is 15.0. The van der Waals surface area contributed by atoms with Crippen molar-refractivity contribution in [3.8, 4) is 11.1 Å². The number of aromatic amines is 1. The van der Waals surface area contributed by atoms with Crippen LogP contribution in [0.2, 0.25) is 4.34 Å². The molecule has 1 fully saturated rings. The number of anilines is 1. The van der Waals surface area contributed by atoms with Gasteiger partial charge in [0.25, 0.3) is 17.7 Å². The number of thiazole rings is 1. The summed E-state index contributed by atoms with van der Waals surface area (Å²) in [6, 6.07) is 4.32. The minimum atomic E-state index is -1.39. The molecule has 5 heterocycles. The lowest BCUT2D eigenvalue weighted by atomic mass is 10.0. The average Bonchev–Trinajstić information content (AvgIpc) is 3.62. The van der Waals surface area contributed by atoms with Crippen molar-refractivity contribution in [3.63, 3.8) is 0 Å². The standard InChI is InChI=1S/C26H23ClN8O7S2/c1-11(25(40)41)42-33-18(17-20(27)44-26(29)32-17)22(38)31-19-23(39)35-16(9-36)14(10-43-24(19)35)8-34-4-2-12(3-5-34)13-6-15(21(28)37)30-7-13/h2-7,9,11,19,24H,8,10H2,1H3,(H6,28,29,31,32,37,38,40,41)/p+1/b33-18-/t11-,19?,24?/m0/s1. The third-order valence-electron chi connectivity index (χ3n) is 6.73. The van der Waals surface area contributed by atoms with Crippen molar-refractivity contribution >= 4 is 75.5 Å². The molecular weight excluding hydrogens is 636 g/mol. The summed E-state index contributed by atoms with van der Waals surface area (Å²) in [6.07, 6.45) is 4.52. The van der Waals surface area contributed by atoms with Crippen molar-refractivity contribution in [2.75, 3.05) is 11.5 Å². The van der Waals surface area contributed by atoms with Crippen molar-refractivity contribution in [1.29, 1.82) is 0 Å². The highest BCUT2D eigenvalue weighted by Gasteiger charge is 2.53. The van der Waals surface area contributed by atoms with Crippen LogP contribution in [0, 0.1) is 0 Å². The largest absolute Gasteiger partial charge is 0.478 e. The number of nitrogens with two attached hydrogens (primary N) is 2. The van der Waals surface area contributed by atoms with E-state index in [-0.39, 0.29) is 20.9 Å². The van der Waals surface area contributed by atoms with E-state index >= 15 is 0 Å². The number of aliphatic carboxylic acids is 1. The predicted molar refractivity (Wildman–Crippen MR) is 159 cm³/mol. The quantitative estimate of drug-likeness (QED) is 0.0630. The number of nitrogen functional groups attached to an aromatic ring is 1. The van der Waals surface area contributed by atoms with E-state index in [1.54, 1.807) is 12.3 Å². The molecule has 0 aromatic carbocycles. The molecule has 1 saturated heterocycles. The van der Waals surface area contributed by atoms with Crippen LogP contribution in [0.5, 0.6) is 0 Å². The summed E-state index contributed by atoms with van der Waals surface area (Å²) in [6.45, 7) is 1.54. The van der Waals surface area contributed by atoms with E-state index in [9.17, 15) is 24.0 Å². The number of aldehydes is 1. The summed E-state index contributed by atoms with van der Waals surface area (Å²) in [7, 11) is 0. The Bertz CT molecular complexity index is 1740. The molecule has 3 aromatic heterocycles. The number of carbonyl (C=O) groups is 5. The molecule has 15 nitrogen and oxygen atoms in total. The van der Waals surface area contributed by atoms with Crippen molar-refractivity contribution in [1.82, 2.24) is 20.2 Å². The molecule has 0 spiro atoms. The number of amides is 3. The molecule has 44 heavy (non-hydrogen) atoms. The molecule has 3 atom stereocenters. The van der Waals surface area contributed by atoms with Crippen molar-refractivity contribution in [2.24, 2.45) is 10.9 Å². The van der Waals surface area contributed by atoms with Gasteiger partial charge in [0.15, 0.2) is 36.1 Å². The first-order chi connectivity index (χ1) is 21.0. The Kier molecular flexibility index (Phi) is 8.70. The Morgan fingerprint density at radius 1 is 1.36 bits per heavy atom. The lowest BCUT2D eigenvalue weighted by Crippen LogP contribution is -2.70. The summed E-state index contributed by atoms with van der Waals surface area (Å²) < 4.78 is 1.86. The van der Waals surface area contributed by atoms with Gasteiger partial charge in [0.1, 0.15) is 27.1 Å². The summed E-state index contributed by atoms with van der Waals surface area (Å²) in [5, 5.41) is 14.8. The number of fused-ring (bicyclic) bond motifs is 1. The predicted octanol–water partition coefficient (Wildman–Crippen LogP) is 0.507. The van der Waals surface area contributed by atoms with Crippen LogP contribution in [-0.4, -0.2) is 78.9 Å². The zero-order valence-electron chi connectivity index (χ0n) is 22.7. The van der Waals surface area contributed by atoms with E-state index in [2.05, 4.69) is 20.4 Å². The molecule has 7 N–H and O–H groups in total. The van der Waals surface area contributed by atoms with E-state index < -0.39 is 46.9 Å². The second-order valence-corrected chi connectivity index (χ2v) is 12.3. The highest BCUT2D eigenvalue weighted by Crippen LogP contribution is 2.39. The first kappa shape index (κ1) is 30.7. The van der Waals surface area contributed by atoms with Gasteiger partial charge in [-0.15, -0.1) is 11.8 Å². The minimum Gasteiger partial charge on any atom is -0.478 e. The van der Waals surface area contributed by atoms with Crippen molar-refractivity contribution in [3.05, 3.63) is 63.8 Å². The number of carbonyl (C=O) groups excluding carboxylic acids is 4. The van der Waals surface area contributed by atoms with Crippen LogP contribution in [0.15, 0.2) is 53.2 Å². The van der Waals surface area contributed by atoms with Crippen LogP contribution in [0.1, 0.15) is 23.1 Å². The van der Waals surface area contributed by atoms with Crippen LogP contribution < -0.4 is 21.4 Å². The van der Waals surface area contributed by atoms with Crippen LogP contribution in [0.3, 0.4) is 0 Å². The number of oxime groups is 1. The molecule has 0 aliphatic carbocycles. The van der Waals surface area contributed by atoms with Crippen LogP contribution in [0.4, 0.5) is 5.13 Å². The monoisotopic (exact) mass is 659 g/mol. The Balaban J connectivity index is 1.30. The fourth-order valence-corrected chi connectivity index (χ4v) is 6.72. The number of β-lactam (4-membered cyclic amide) rings is 1. The highest BCUT2D eigenvalue weighted by molar-refractivity contribution is 8.00. The van der Waals surface area contributed by atoms with Gasteiger partial charge in [-0.05, 0) is 18.6 Å². The molecular formula is C26H24ClN8O7S2+. The number of hydrogen-bond donors (Lipinski definition) is 5. The molecule has 2 aliphatic rings. The SMILES string of the molecule is C[C@H](O/N=C(\C(=O)NC1C(=O)N2C(C=O)=C(C[n+]3ccc(-c4c[nH]c(C(N)=O)c4)cc3)CSC12)c1nc(N)sc1Cl)C(=O)O. The lowest BCUT2D eigenvalue weighted by Gasteiger charge is -2.49. The number of nitrogens with one attached hydrogen (secondary N) is 2. The molecule has 5 rings (SSSR count). The number of pyridine rings is 1. The van der Waals surface area contributed by atoms with Gasteiger partial charge in [-0.2, -0.15) is 0 Å². The third kappa shape index (κ3) is 6.01. The fraction of sp³-hybridized carbons (Fsp3) is 0.231. The van der Waals surface area contributed by atoms with E-state index in [1.165, 1.54) is 23.6 Å². The molecule has 18 heteroatoms. The number of thioether (sulfide) groups is 1. The third-order valence-corrected chi connectivity index (χ3v) is 9.15. The maximum atomic E-state index is 13.2. The summed E-state index contributed by atoms with van der Waals surface area (Å²) in [5.41, 5.74) is 13.2. The van der Waals surface area contributed by atoms with Gasteiger partial charge < -0.3 is 31.7 Å². The van der Waals surface area contributed by atoms with Gasteiger partial charge in [-0.1, -0.05) is 28.1 Å². The Morgan fingerprint density at radius 2 is 2.09 bits per heavy atom. The Labute approximate surface area is 261 Å². The van der Waals surface area contributed by atoms with Gasteiger partial charge in [0, 0.05) is 35.2 Å². The molecule has 2 unspecified atom stereocenters. The number of carboxylic acid groups (broad SMARTS) is 1. The minimum absolute atomic E-state index is 0.0152. The molecule has 0 radical (unpaired) electrons. The number of primary amides is 1. The molecule has 0 bridgehead atoms. The smallest absolute Gasteiger partial charge is 0.347 e. The summed E-state index contributed by atoms with van der Waals surface area (Å²) in [5.74, 6) is -2.89. The maximum absolute atomic E-state index is 13.2. The number of hydrogen-bond acceptors (Lipinski definition) is 11. The number of halogens is 1. The van der Waals surface area contributed by atoms with E-state index in [1.807, 2.05) is 29.1 Å². The fourth-order valence-electron chi connectivity index (χ4n) is 4.44. The van der Waals surface area contributed by atoms with Gasteiger partial charge in [0.2, 0.25) is 6.10 Å². The summed E-state index contributed by atoms with van der Waals surface area (Å²) >= 11 is 8.39. The van der Waals surface area contributed by atoms with Gasteiger partial charge in [-0.3, -0.25) is 24.1 Å². The van der Waals surface area contributed by atoms with Crippen LogP contribution in [-0.2, 0) is 30.6 Å². The van der Waals surface area contributed by atoms with E-state index in [4.69, 9.17) is 33.0 Å². The number of rotatable bonds is 11. The van der Waals surface area contributed by atoms with Crippen molar-refractivity contribution < 1.29 is 38.5 Å². The molecule has 0 saturated carbocycles. The van der Waals surface area contributed by atoms with Crippen molar-refractivity contribution in [2.45, 2.75) is 31.0 Å². The highest BCUT2D eigenvalue weighted by atomic mass is 35.5. The normalized spacial score (nSPS) is 18.7. The Morgan fingerprint density at radius 3 is 2.68 bits per heavy atom. The topological polar surface area (TPSA) is 227 Å². The zero-order valence-corrected chi connectivity index (χ0v) is 25.1. The van der Waals surface area contributed by atoms with Crippen LogP contribution in [0.25, 0.3) is 11.1 Å². The average molecular weight is 660 g/mol. The number of H-pyrrole nitrogens is 1. The summed E-state index contributed by atoms with van der Waals surface area (Å²) in [4.78, 5) is 74.2. The zero-order chi connectivity index (χ0) is 31.7. The first-order valence-electron chi connectivity index (χ1n) is 12.8. The molecule has 3 aromatic rings. The molecule has 3 amide bonds. The van der Waals surface area contributed by atoms with Crippen LogP contribution >= 0.6 is 34.7 Å². The number of aromatic nitrogens is 3. The second kappa shape index (κ2) is 12.5. The van der Waals surface area contributed by atoms with E-state index in [0.29, 0.717) is 29.9 Å². The molecule has 228 valence electrons. The van der Waals surface area contributed by atoms with E-state index in [0.717, 1.165) is 22.5 Å². The Hall–Kier alpha value is -4.74. The number of carboxylic acids is 1. The number of allylic oxidation sites excluding steroid dienone is 1. The van der Waals surface area contributed by atoms with Gasteiger partial charge in [-0.25, -0.2) is 14.3 Å². The van der Waals surface area contributed by atoms with Gasteiger partial charge >= 0.3 is 5.97 Å². The van der Waals surface area contributed by atoms with Gasteiger partial charge in [0.05, 0.1) is 5.70 Å².